The van der Waals surface area contributed by atoms with E-state index in [2.05, 4.69) is 17.5 Å². The zero-order chi connectivity index (χ0) is 19.6. The van der Waals surface area contributed by atoms with Crippen molar-refractivity contribution in [2.45, 2.75) is 13.3 Å². The lowest BCUT2D eigenvalue weighted by Crippen LogP contribution is -2.24. The van der Waals surface area contributed by atoms with Gasteiger partial charge in [-0.15, -0.1) is 0 Å². The molecular weight excluding hydrogens is 348 g/mol. The van der Waals surface area contributed by atoms with Gasteiger partial charge in [-0.2, -0.15) is 5.10 Å². The quantitative estimate of drug-likeness (QED) is 0.541. The van der Waals surface area contributed by atoms with Crippen LogP contribution in [0.1, 0.15) is 18.1 Å². The summed E-state index contributed by atoms with van der Waals surface area (Å²) in [5.41, 5.74) is 4.26. The van der Waals surface area contributed by atoms with E-state index >= 15 is 0 Å². The van der Waals surface area contributed by atoms with Crippen molar-refractivity contribution >= 4 is 12.1 Å². The third-order valence-corrected chi connectivity index (χ3v) is 3.83. The van der Waals surface area contributed by atoms with Crippen molar-refractivity contribution in [1.82, 2.24) is 5.43 Å². The molecule has 0 radical (unpaired) electrons. The molecule has 0 unspecified atom stereocenters. The number of benzene rings is 2. The highest BCUT2D eigenvalue weighted by Gasteiger charge is 2.10. The van der Waals surface area contributed by atoms with Crippen molar-refractivity contribution in [2.75, 3.05) is 27.9 Å². The molecule has 7 heteroatoms. The van der Waals surface area contributed by atoms with Crippen LogP contribution >= 0.6 is 0 Å². The zero-order valence-electron chi connectivity index (χ0n) is 15.9. The van der Waals surface area contributed by atoms with E-state index in [0.29, 0.717) is 28.6 Å². The van der Waals surface area contributed by atoms with E-state index in [1.54, 1.807) is 19.2 Å². The van der Waals surface area contributed by atoms with E-state index in [1.807, 2.05) is 24.3 Å². The number of rotatable bonds is 9. The predicted octanol–water partition coefficient (Wildman–Crippen LogP) is 2.80. The molecule has 0 saturated heterocycles. The Morgan fingerprint density at radius 3 is 2.22 bits per heavy atom. The maximum atomic E-state index is 11.9. The van der Waals surface area contributed by atoms with Gasteiger partial charge in [0.1, 0.15) is 11.5 Å². The molecule has 0 aliphatic rings. The van der Waals surface area contributed by atoms with Gasteiger partial charge in [0, 0.05) is 11.6 Å². The molecular formula is C20H24N2O5. The van der Waals surface area contributed by atoms with E-state index in [-0.39, 0.29) is 12.5 Å². The second-order valence-electron chi connectivity index (χ2n) is 5.53. The monoisotopic (exact) mass is 372 g/mol. The number of ether oxygens (including phenoxy) is 4. The van der Waals surface area contributed by atoms with Crippen LogP contribution < -0.4 is 24.4 Å². The first-order chi connectivity index (χ1) is 13.1. The van der Waals surface area contributed by atoms with E-state index in [1.165, 1.54) is 26.0 Å². The van der Waals surface area contributed by atoms with Gasteiger partial charge in [0.2, 0.25) is 0 Å². The Morgan fingerprint density at radius 1 is 1.00 bits per heavy atom. The molecule has 0 spiro atoms. The molecule has 144 valence electrons. The van der Waals surface area contributed by atoms with Crippen molar-refractivity contribution in [1.29, 1.82) is 0 Å². The van der Waals surface area contributed by atoms with Gasteiger partial charge in [0.25, 0.3) is 5.91 Å². The summed E-state index contributed by atoms with van der Waals surface area (Å²) in [6.45, 7) is 1.95. The first-order valence-electron chi connectivity index (χ1n) is 8.44. The van der Waals surface area contributed by atoms with Crippen molar-refractivity contribution in [2.24, 2.45) is 5.10 Å². The molecule has 0 aliphatic heterocycles. The average Bonchev–Trinajstić information content (AvgIpc) is 2.72. The van der Waals surface area contributed by atoms with Crippen LogP contribution in [0.4, 0.5) is 0 Å². The Labute approximate surface area is 158 Å². The molecule has 0 fully saturated rings. The predicted molar refractivity (Wildman–Crippen MR) is 103 cm³/mol. The largest absolute Gasteiger partial charge is 0.496 e. The van der Waals surface area contributed by atoms with Crippen molar-refractivity contribution in [3.63, 3.8) is 0 Å². The van der Waals surface area contributed by atoms with Gasteiger partial charge in [0.05, 0.1) is 27.5 Å². The van der Waals surface area contributed by atoms with Crippen LogP contribution in [0.2, 0.25) is 0 Å². The molecule has 0 aliphatic carbocycles. The minimum absolute atomic E-state index is 0.133. The summed E-state index contributed by atoms with van der Waals surface area (Å²) in [4.78, 5) is 11.9. The fourth-order valence-corrected chi connectivity index (χ4v) is 2.33. The first kappa shape index (κ1) is 20.1. The summed E-state index contributed by atoms with van der Waals surface area (Å²) in [5, 5.41) is 3.94. The molecule has 27 heavy (non-hydrogen) atoms. The number of nitrogens with zero attached hydrogens (tertiary/aromatic N) is 1. The van der Waals surface area contributed by atoms with Crippen molar-refractivity contribution in [3.05, 3.63) is 47.5 Å². The van der Waals surface area contributed by atoms with Crippen LogP contribution in [0.3, 0.4) is 0 Å². The van der Waals surface area contributed by atoms with E-state index < -0.39 is 0 Å². The van der Waals surface area contributed by atoms with Gasteiger partial charge in [-0.3, -0.25) is 4.79 Å². The number of amides is 1. The van der Waals surface area contributed by atoms with Crippen molar-refractivity contribution < 1.29 is 23.7 Å². The van der Waals surface area contributed by atoms with E-state index in [0.717, 1.165) is 6.42 Å². The molecule has 2 rings (SSSR count). The number of hydrazone groups is 1. The molecule has 1 N–H and O–H groups in total. The lowest BCUT2D eigenvalue weighted by atomic mass is 10.2. The van der Waals surface area contributed by atoms with Gasteiger partial charge < -0.3 is 18.9 Å². The molecule has 0 atom stereocenters. The number of hydrogen-bond donors (Lipinski definition) is 1. The topological polar surface area (TPSA) is 78.4 Å². The maximum Gasteiger partial charge on any atom is 0.277 e. The van der Waals surface area contributed by atoms with Crippen LogP contribution in [-0.4, -0.2) is 40.1 Å². The highest BCUT2D eigenvalue weighted by Crippen LogP contribution is 2.33. The molecule has 2 aromatic carbocycles. The van der Waals surface area contributed by atoms with Crippen LogP contribution in [0, 0.1) is 0 Å². The minimum Gasteiger partial charge on any atom is -0.496 e. The Hall–Kier alpha value is -3.22. The lowest BCUT2D eigenvalue weighted by Gasteiger charge is -2.11. The lowest BCUT2D eigenvalue weighted by molar-refractivity contribution is -0.123. The summed E-state index contributed by atoms with van der Waals surface area (Å²) < 4.78 is 21.2. The number of carbonyl (C=O) groups excluding carboxylic acids is 1. The molecule has 0 saturated carbocycles. The number of nitrogens with one attached hydrogen (secondary N) is 1. The third-order valence-electron chi connectivity index (χ3n) is 3.83. The highest BCUT2D eigenvalue weighted by atomic mass is 16.5. The normalized spacial score (nSPS) is 10.5. The Bertz CT molecular complexity index is 788. The number of hydrogen-bond acceptors (Lipinski definition) is 6. The van der Waals surface area contributed by atoms with Crippen LogP contribution in [0.5, 0.6) is 23.0 Å². The molecule has 0 heterocycles. The second kappa shape index (κ2) is 10.1. The number of aryl methyl sites for hydroxylation is 1. The highest BCUT2D eigenvalue weighted by molar-refractivity contribution is 5.86. The van der Waals surface area contributed by atoms with E-state index in [9.17, 15) is 4.79 Å². The van der Waals surface area contributed by atoms with Gasteiger partial charge in [-0.1, -0.05) is 19.1 Å². The minimum atomic E-state index is -0.370. The Balaban J connectivity index is 1.94. The first-order valence-corrected chi connectivity index (χ1v) is 8.44. The van der Waals surface area contributed by atoms with Gasteiger partial charge in [-0.05, 0) is 30.2 Å². The summed E-state index contributed by atoms with van der Waals surface area (Å²) in [7, 11) is 4.62. The SMILES string of the molecule is CCc1ccc(OCC(=O)NN=Cc2cc(OC)c(OC)cc2OC)cc1. The Morgan fingerprint density at radius 2 is 1.63 bits per heavy atom. The molecule has 1 amide bonds. The smallest absolute Gasteiger partial charge is 0.277 e. The maximum absolute atomic E-state index is 11.9. The summed E-state index contributed by atoms with van der Waals surface area (Å²) in [6.07, 6.45) is 2.42. The van der Waals surface area contributed by atoms with E-state index in [4.69, 9.17) is 18.9 Å². The van der Waals surface area contributed by atoms with Gasteiger partial charge >= 0.3 is 0 Å². The second-order valence-corrected chi connectivity index (χ2v) is 5.53. The Kier molecular flexibility index (Phi) is 7.49. The van der Waals surface area contributed by atoms with Gasteiger partial charge in [-0.25, -0.2) is 5.43 Å². The molecule has 0 bridgehead atoms. The number of carbonyl (C=O) groups is 1. The van der Waals surface area contributed by atoms with Crippen LogP contribution in [-0.2, 0) is 11.2 Å². The standard InChI is InChI=1S/C20H24N2O5/c1-5-14-6-8-16(9-7-14)27-13-20(23)22-21-12-15-10-18(25-3)19(26-4)11-17(15)24-2/h6-12H,5,13H2,1-4H3,(H,22,23). The average molecular weight is 372 g/mol. The molecule has 7 nitrogen and oxygen atoms in total. The fraction of sp³-hybridized carbons (Fsp3) is 0.300. The van der Waals surface area contributed by atoms with Crippen LogP contribution in [0.15, 0.2) is 41.5 Å². The third kappa shape index (κ3) is 5.64. The number of methoxy groups -OCH3 is 3. The summed E-state index contributed by atoms with van der Waals surface area (Å²) in [6, 6.07) is 11.0. The van der Waals surface area contributed by atoms with Crippen LogP contribution in [0.25, 0.3) is 0 Å². The summed E-state index contributed by atoms with van der Waals surface area (Å²) in [5.74, 6) is 1.87. The zero-order valence-corrected chi connectivity index (χ0v) is 15.9. The van der Waals surface area contributed by atoms with Gasteiger partial charge in [0.15, 0.2) is 18.1 Å². The molecule has 2 aromatic rings. The molecule has 0 aromatic heterocycles. The fourth-order valence-electron chi connectivity index (χ4n) is 2.33. The summed E-state index contributed by atoms with van der Waals surface area (Å²) >= 11 is 0. The van der Waals surface area contributed by atoms with Crippen molar-refractivity contribution in [3.8, 4) is 23.0 Å².